The minimum Gasteiger partial charge on any atom is -0.495 e. The molecule has 0 saturated heterocycles. The fourth-order valence-electron chi connectivity index (χ4n) is 4.13. The van der Waals surface area contributed by atoms with Gasteiger partial charge in [-0.25, -0.2) is 0 Å². The van der Waals surface area contributed by atoms with E-state index in [0.717, 1.165) is 29.5 Å². The maximum atomic E-state index is 5.82. The molecule has 2 N–H and O–H groups in total. The predicted octanol–water partition coefficient (Wildman–Crippen LogP) is 5.13. The number of aromatic nitrogens is 1. The standard InChI is InChI=1S/C22H25N3OS/c1-14(2)21-20-16(15-8-4-5-9-17(15)23-20)12-13-25(21)22(27)24-18-10-6-7-11-19(18)26-3/h4-11,14,21,23H,12-13H2,1-3H3,(H,24,27)/t21-/m1/s1. The third-order valence-corrected chi connectivity index (χ3v) is 5.66. The first-order chi connectivity index (χ1) is 13.1. The molecule has 0 spiro atoms. The van der Waals surface area contributed by atoms with Crippen LogP contribution in [0.1, 0.15) is 31.1 Å². The van der Waals surface area contributed by atoms with Crippen molar-refractivity contribution in [1.82, 2.24) is 9.88 Å². The number of methoxy groups -OCH3 is 1. The van der Waals surface area contributed by atoms with Crippen molar-refractivity contribution in [1.29, 1.82) is 0 Å². The van der Waals surface area contributed by atoms with E-state index in [9.17, 15) is 0 Å². The number of aromatic amines is 1. The molecule has 0 bridgehead atoms. The zero-order chi connectivity index (χ0) is 19.0. The molecule has 27 heavy (non-hydrogen) atoms. The molecular formula is C22H25N3OS. The SMILES string of the molecule is COc1ccccc1NC(=S)N1CCc2c([nH]c3ccccc23)[C@H]1C(C)C. The Morgan fingerprint density at radius 1 is 1.19 bits per heavy atom. The second-order valence-electron chi connectivity index (χ2n) is 7.33. The number of hydrogen-bond donors (Lipinski definition) is 2. The minimum absolute atomic E-state index is 0.218. The molecule has 2 heterocycles. The van der Waals surface area contributed by atoms with Gasteiger partial charge < -0.3 is 19.9 Å². The fraction of sp³-hybridized carbons (Fsp3) is 0.318. The Labute approximate surface area is 165 Å². The van der Waals surface area contributed by atoms with Crippen molar-refractivity contribution in [3.05, 3.63) is 59.8 Å². The molecule has 2 aromatic carbocycles. The Morgan fingerprint density at radius 2 is 1.93 bits per heavy atom. The van der Waals surface area contributed by atoms with Gasteiger partial charge in [-0.3, -0.25) is 0 Å². The summed E-state index contributed by atoms with van der Waals surface area (Å²) in [6, 6.07) is 16.7. The van der Waals surface area contributed by atoms with E-state index in [1.807, 2.05) is 24.3 Å². The highest BCUT2D eigenvalue weighted by molar-refractivity contribution is 7.80. The molecule has 0 saturated carbocycles. The lowest BCUT2D eigenvalue weighted by Crippen LogP contribution is -2.44. The van der Waals surface area contributed by atoms with Crippen LogP contribution in [0.5, 0.6) is 5.75 Å². The zero-order valence-corrected chi connectivity index (χ0v) is 16.8. The van der Waals surface area contributed by atoms with Crippen molar-refractivity contribution in [3.8, 4) is 5.75 Å². The van der Waals surface area contributed by atoms with Gasteiger partial charge in [0, 0.05) is 23.1 Å². The third kappa shape index (κ3) is 3.16. The Kier molecular flexibility index (Phi) is 4.79. The number of nitrogens with zero attached hydrogens (tertiary/aromatic N) is 1. The topological polar surface area (TPSA) is 40.3 Å². The number of benzene rings is 2. The van der Waals surface area contributed by atoms with Gasteiger partial charge in [-0.15, -0.1) is 0 Å². The molecule has 4 nitrogen and oxygen atoms in total. The lowest BCUT2D eigenvalue weighted by atomic mass is 9.90. The van der Waals surface area contributed by atoms with E-state index in [1.54, 1.807) is 7.11 Å². The van der Waals surface area contributed by atoms with Gasteiger partial charge in [-0.1, -0.05) is 44.2 Å². The average Bonchev–Trinajstić information content (AvgIpc) is 3.06. The lowest BCUT2D eigenvalue weighted by Gasteiger charge is -2.40. The summed E-state index contributed by atoms with van der Waals surface area (Å²) in [6.45, 7) is 5.41. The summed E-state index contributed by atoms with van der Waals surface area (Å²) in [5, 5.41) is 5.47. The third-order valence-electron chi connectivity index (χ3n) is 5.32. The van der Waals surface area contributed by atoms with E-state index in [-0.39, 0.29) is 6.04 Å². The molecule has 1 aromatic heterocycles. The normalized spacial score (nSPS) is 16.4. The maximum Gasteiger partial charge on any atom is 0.174 e. The molecular weight excluding hydrogens is 354 g/mol. The highest BCUT2D eigenvalue weighted by atomic mass is 32.1. The molecule has 0 fully saturated rings. The van der Waals surface area contributed by atoms with Gasteiger partial charge in [0.05, 0.1) is 18.8 Å². The number of anilines is 1. The smallest absolute Gasteiger partial charge is 0.174 e. The van der Waals surface area contributed by atoms with Gasteiger partial charge in [0.15, 0.2) is 5.11 Å². The Balaban J connectivity index is 1.68. The van der Waals surface area contributed by atoms with Crippen LogP contribution in [0.2, 0.25) is 0 Å². The molecule has 5 heteroatoms. The van der Waals surface area contributed by atoms with Gasteiger partial charge >= 0.3 is 0 Å². The van der Waals surface area contributed by atoms with Crippen molar-refractivity contribution in [2.24, 2.45) is 5.92 Å². The Bertz CT molecular complexity index is 979. The second-order valence-corrected chi connectivity index (χ2v) is 7.71. The van der Waals surface area contributed by atoms with Crippen molar-refractivity contribution in [2.75, 3.05) is 19.0 Å². The van der Waals surface area contributed by atoms with E-state index in [2.05, 4.69) is 53.3 Å². The number of para-hydroxylation sites is 3. The van der Waals surface area contributed by atoms with Crippen LogP contribution in [-0.4, -0.2) is 28.7 Å². The molecule has 1 atom stereocenters. The van der Waals surface area contributed by atoms with Gasteiger partial charge in [0.1, 0.15) is 5.75 Å². The number of H-pyrrole nitrogens is 1. The summed E-state index contributed by atoms with van der Waals surface area (Å²) < 4.78 is 5.46. The highest BCUT2D eigenvalue weighted by Crippen LogP contribution is 2.39. The summed E-state index contributed by atoms with van der Waals surface area (Å²) in [4.78, 5) is 5.97. The minimum atomic E-state index is 0.218. The first kappa shape index (κ1) is 17.9. The van der Waals surface area contributed by atoms with Crippen molar-refractivity contribution in [3.63, 3.8) is 0 Å². The maximum absolute atomic E-state index is 5.82. The largest absolute Gasteiger partial charge is 0.495 e. The number of ether oxygens (including phenoxy) is 1. The Morgan fingerprint density at radius 3 is 2.70 bits per heavy atom. The van der Waals surface area contributed by atoms with Crippen LogP contribution >= 0.6 is 12.2 Å². The molecule has 140 valence electrons. The number of fused-ring (bicyclic) bond motifs is 3. The second kappa shape index (κ2) is 7.24. The summed E-state index contributed by atoms with van der Waals surface area (Å²) in [5.74, 6) is 1.22. The van der Waals surface area contributed by atoms with Crippen LogP contribution in [0, 0.1) is 5.92 Å². The van der Waals surface area contributed by atoms with Gasteiger partial charge in [0.2, 0.25) is 0 Å². The molecule has 0 aliphatic carbocycles. The average molecular weight is 380 g/mol. The van der Waals surface area contributed by atoms with Crippen molar-refractivity contribution in [2.45, 2.75) is 26.3 Å². The number of nitrogens with one attached hydrogen (secondary N) is 2. The zero-order valence-electron chi connectivity index (χ0n) is 16.0. The molecule has 1 aliphatic rings. The van der Waals surface area contributed by atoms with Crippen LogP contribution in [0.4, 0.5) is 5.69 Å². The van der Waals surface area contributed by atoms with Gasteiger partial charge in [-0.2, -0.15) is 0 Å². The molecule has 0 amide bonds. The summed E-state index contributed by atoms with van der Waals surface area (Å²) in [7, 11) is 1.68. The Hall–Kier alpha value is -2.53. The molecule has 0 unspecified atom stereocenters. The van der Waals surface area contributed by atoms with E-state index >= 15 is 0 Å². The summed E-state index contributed by atoms with van der Waals surface area (Å²) in [5.41, 5.74) is 4.83. The van der Waals surface area contributed by atoms with E-state index in [4.69, 9.17) is 17.0 Å². The van der Waals surface area contributed by atoms with Crippen molar-refractivity contribution < 1.29 is 4.74 Å². The van der Waals surface area contributed by atoms with E-state index in [0.29, 0.717) is 5.92 Å². The molecule has 3 aromatic rings. The highest BCUT2D eigenvalue weighted by Gasteiger charge is 2.33. The molecule has 0 radical (unpaired) electrons. The summed E-state index contributed by atoms with van der Waals surface area (Å²) in [6.07, 6.45) is 0.982. The van der Waals surface area contributed by atoms with Crippen LogP contribution < -0.4 is 10.1 Å². The van der Waals surface area contributed by atoms with Crippen LogP contribution in [0.15, 0.2) is 48.5 Å². The molecule has 4 rings (SSSR count). The van der Waals surface area contributed by atoms with Crippen LogP contribution in [0.25, 0.3) is 10.9 Å². The van der Waals surface area contributed by atoms with Crippen LogP contribution in [0.3, 0.4) is 0 Å². The number of thiocarbonyl (C=S) groups is 1. The monoisotopic (exact) mass is 379 g/mol. The van der Waals surface area contributed by atoms with Crippen molar-refractivity contribution >= 4 is 33.9 Å². The fourth-order valence-corrected chi connectivity index (χ4v) is 4.44. The van der Waals surface area contributed by atoms with Gasteiger partial charge in [-0.05, 0) is 48.3 Å². The first-order valence-corrected chi connectivity index (χ1v) is 9.81. The summed E-state index contributed by atoms with van der Waals surface area (Å²) >= 11 is 5.82. The van der Waals surface area contributed by atoms with Gasteiger partial charge in [0.25, 0.3) is 0 Å². The lowest BCUT2D eigenvalue weighted by molar-refractivity contribution is 0.236. The van der Waals surface area contributed by atoms with Crippen LogP contribution in [-0.2, 0) is 6.42 Å². The predicted molar refractivity (Wildman–Crippen MR) is 116 cm³/mol. The first-order valence-electron chi connectivity index (χ1n) is 9.40. The molecule has 1 aliphatic heterocycles. The quantitative estimate of drug-likeness (QED) is 0.619. The van der Waals surface area contributed by atoms with E-state index < -0.39 is 0 Å². The van der Waals surface area contributed by atoms with E-state index in [1.165, 1.54) is 22.2 Å². The number of rotatable bonds is 3. The number of hydrogen-bond acceptors (Lipinski definition) is 2.